The third-order valence-electron chi connectivity index (χ3n) is 5.38. The topological polar surface area (TPSA) is 72.2 Å². The van der Waals surface area contributed by atoms with Crippen molar-refractivity contribution in [2.24, 2.45) is 35.3 Å². The summed E-state index contributed by atoms with van der Waals surface area (Å²) in [5.41, 5.74) is 6.28. The van der Waals surface area contributed by atoms with Gasteiger partial charge < -0.3 is 5.73 Å². The summed E-state index contributed by atoms with van der Waals surface area (Å²) in [6.45, 7) is 0.409. The highest BCUT2D eigenvalue weighted by atomic mass is 32.2. The fourth-order valence-corrected chi connectivity index (χ4v) is 5.55. The molecule has 4 aliphatic rings. The van der Waals surface area contributed by atoms with Gasteiger partial charge in [0.2, 0.25) is 10.0 Å². The Morgan fingerprint density at radius 2 is 1.61 bits per heavy atom. The van der Waals surface area contributed by atoms with Crippen molar-refractivity contribution in [2.45, 2.75) is 38.1 Å². The van der Waals surface area contributed by atoms with E-state index in [9.17, 15) is 8.42 Å². The third kappa shape index (κ3) is 2.45. The molecule has 0 aromatic rings. The molecule has 4 rings (SSSR count). The van der Waals surface area contributed by atoms with Crippen LogP contribution in [-0.4, -0.2) is 27.3 Å². The Labute approximate surface area is 110 Å². The van der Waals surface area contributed by atoms with Crippen LogP contribution in [-0.2, 0) is 10.0 Å². The van der Waals surface area contributed by atoms with Gasteiger partial charge in [-0.2, -0.15) is 0 Å². The Hall–Kier alpha value is -0.130. The zero-order chi connectivity index (χ0) is 12.9. The van der Waals surface area contributed by atoms with Crippen LogP contribution in [0.1, 0.15) is 32.1 Å². The van der Waals surface area contributed by atoms with Gasteiger partial charge in [-0.1, -0.05) is 0 Å². The molecule has 0 aromatic carbocycles. The van der Waals surface area contributed by atoms with Crippen LogP contribution in [0.15, 0.2) is 0 Å². The van der Waals surface area contributed by atoms with Crippen molar-refractivity contribution in [1.82, 2.24) is 4.72 Å². The van der Waals surface area contributed by atoms with E-state index < -0.39 is 10.0 Å². The number of nitrogens with two attached hydrogens (primary N) is 1. The lowest BCUT2D eigenvalue weighted by atomic mass is 9.50. The van der Waals surface area contributed by atoms with Crippen LogP contribution in [0.2, 0.25) is 0 Å². The smallest absolute Gasteiger partial charge is 0.208 e. The first-order chi connectivity index (χ1) is 8.42. The summed E-state index contributed by atoms with van der Waals surface area (Å²) in [5.74, 6) is 3.96. The van der Waals surface area contributed by atoms with E-state index in [0.29, 0.717) is 12.5 Å². The zero-order valence-electron chi connectivity index (χ0n) is 11.0. The maximum Gasteiger partial charge on any atom is 0.208 e. The van der Waals surface area contributed by atoms with Crippen molar-refractivity contribution in [2.75, 3.05) is 12.8 Å². The predicted octanol–water partition coefficient (Wildman–Crippen LogP) is 0.935. The van der Waals surface area contributed by atoms with Crippen LogP contribution in [0.3, 0.4) is 0 Å². The Morgan fingerprint density at radius 3 is 2.06 bits per heavy atom. The molecule has 18 heavy (non-hydrogen) atoms. The van der Waals surface area contributed by atoms with E-state index in [-0.39, 0.29) is 6.04 Å². The van der Waals surface area contributed by atoms with E-state index in [2.05, 4.69) is 4.72 Å². The largest absolute Gasteiger partial charge is 0.326 e. The molecule has 0 radical (unpaired) electrons. The SMILES string of the molecule is CS(=O)(=O)NCC(N)C1C2CC3CC(C2)CC1C3. The van der Waals surface area contributed by atoms with E-state index >= 15 is 0 Å². The molecule has 0 amide bonds. The first kappa shape index (κ1) is 12.9. The molecule has 4 bridgehead atoms. The molecule has 4 saturated carbocycles. The minimum absolute atomic E-state index is 0.00488. The molecule has 0 saturated heterocycles. The molecule has 3 N–H and O–H groups in total. The second-order valence-electron chi connectivity index (χ2n) is 6.79. The quantitative estimate of drug-likeness (QED) is 0.800. The highest BCUT2D eigenvalue weighted by Gasteiger charge is 2.49. The Kier molecular flexibility index (Phi) is 3.19. The molecule has 5 heteroatoms. The van der Waals surface area contributed by atoms with Gasteiger partial charge >= 0.3 is 0 Å². The van der Waals surface area contributed by atoms with Crippen molar-refractivity contribution in [3.63, 3.8) is 0 Å². The van der Waals surface area contributed by atoms with Gasteiger partial charge in [-0.25, -0.2) is 13.1 Å². The summed E-state index contributed by atoms with van der Waals surface area (Å²) in [6, 6.07) is -0.00488. The van der Waals surface area contributed by atoms with E-state index in [0.717, 1.165) is 23.7 Å². The van der Waals surface area contributed by atoms with E-state index in [1.807, 2.05) is 0 Å². The van der Waals surface area contributed by atoms with Crippen molar-refractivity contribution < 1.29 is 8.42 Å². The monoisotopic (exact) mass is 272 g/mol. The van der Waals surface area contributed by atoms with Gasteiger partial charge in [0, 0.05) is 12.6 Å². The van der Waals surface area contributed by atoms with E-state index in [4.69, 9.17) is 5.73 Å². The average molecular weight is 272 g/mol. The lowest BCUT2D eigenvalue weighted by molar-refractivity contribution is -0.0457. The van der Waals surface area contributed by atoms with Crippen LogP contribution in [0.4, 0.5) is 0 Å². The summed E-state index contributed by atoms with van der Waals surface area (Å²) in [4.78, 5) is 0. The minimum Gasteiger partial charge on any atom is -0.326 e. The third-order valence-corrected chi connectivity index (χ3v) is 6.07. The molecule has 4 fully saturated rings. The van der Waals surface area contributed by atoms with Gasteiger partial charge in [0.05, 0.1) is 6.26 Å². The molecule has 4 nitrogen and oxygen atoms in total. The number of sulfonamides is 1. The molecule has 1 atom stereocenters. The molecule has 1 unspecified atom stereocenters. The molecule has 0 aromatic heterocycles. The van der Waals surface area contributed by atoms with E-state index in [1.54, 1.807) is 0 Å². The maximum absolute atomic E-state index is 11.2. The highest BCUT2D eigenvalue weighted by Crippen LogP contribution is 2.57. The van der Waals surface area contributed by atoms with Gasteiger partial charge in [-0.05, 0) is 61.7 Å². The summed E-state index contributed by atoms with van der Waals surface area (Å²) in [6.07, 6.45) is 8.00. The Morgan fingerprint density at radius 1 is 1.11 bits per heavy atom. The fraction of sp³-hybridized carbons (Fsp3) is 1.00. The van der Waals surface area contributed by atoms with Crippen LogP contribution in [0.5, 0.6) is 0 Å². The standard InChI is InChI=1S/C13H24N2O2S/c1-18(16,17)15-7-12(14)13-10-3-8-2-9(5-10)6-11(13)4-8/h8-13,15H,2-7,14H2,1H3. The van der Waals surface area contributed by atoms with Crippen molar-refractivity contribution in [1.29, 1.82) is 0 Å². The van der Waals surface area contributed by atoms with Gasteiger partial charge in [0.15, 0.2) is 0 Å². The fourth-order valence-electron chi connectivity index (χ4n) is 5.05. The first-order valence-electron chi connectivity index (χ1n) is 7.12. The summed E-state index contributed by atoms with van der Waals surface area (Å²) in [7, 11) is -3.11. The second kappa shape index (κ2) is 4.46. The molecular weight excluding hydrogens is 248 g/mol. The zero-order valence-corrected chi connectivity index (χ0v) is 11.8. The van der Waals surface area contributed by atoms with Crippen LogP contribution in [0.25, 0.3) is 0 Å². The number of nitrogens with one attached hydrogen (secondary N) is 1. The van der Waals surface area contributed by atoms with Gasteiger partial charge in [0.25, 0.3) is 0 Å². The maximum atomic E-state index is 11.2. The summed E-state index contributed by atoms with van der Waals surface area (Å²) >= 11 is 0. The number of hydrogen-bond donors (Lipinski definition) is 2. The van der Waals surface area contributed by atoms with Crippen LogP contribution >= 0.6 is 0 Å². The molecular formula is C13H24N2O2S. The number of hydrogen-bond acceptors (Lipinski definition) is 3. The summed E-state index contributed by atoms with van der Waals surface area (Å²) < 4.78 is 24.9. The number of rotatable bonds is 4. The van der Waals surface area contributed by atoms with Crippen molar-refractivity contribution in [3.05, 3.63) is 0 Å². The second-order valence-corrected chi connectivity index (χ2v) is 8.63. The van der Waals surface area contributed by atoms with E-state index in [1.165, 1.54) is 38.4 Å². The molecule has 4 aliphatic carbocycles. The summed E-state index contributed by atoms with van der Waals surface area (Å²) in [5, 5.41) is 0. The molecule has 104 valence electrons. The average Bonchev–Trinajstić information content (AvgIpc) is 2.23. The van der Waals surface area contributed by atoms with Crippen LogP contribution in [0, 0.1) is 29.6 Å². The normalized spacial score (nSPS) is 44.2. The minimum atomic E-state index is -3.11. The van der Waals surface area contributed by atoms with Gasteiger partial charge in [-0.15, -0.1) is 0 Å². The van der Waals surface area contributed by atoms with Gasteiger partial charge in [-0.3, -0.25) is 0 Å². The lowest BCUT2D eigenvalue weighted by Gasteiger charge is -2.56. The molecule has 0 spiro atoms. The molecule has 0 heterocycles. The predicted molar refractivity (Wildman–Crippen MR) is 71.4 cm³/mol. The van der Waals surface area contributed by atoms with Crippen molar-refractivity contribution >= 4 is 10.0 Å². The molecule has 0 aliphatic heterocycles. The van der Waals surface area contributed by atoms with Crippen LogP contribution < -0.4 is 10.5 Å². The highest BCUT2D eigenvalue weighted by molar-refractivity contribution is 7.88. The lowest BCUT2D eigenvalue weighted by Crippen LogP contribution is -2.54. The van der Waals surface area contributed by atoms with Gasteiger partial charge in [0.1, 0.15) is 0 Å². The van der Waals surface area contributed by atoms with Crippen molar-refractivity contribution in [3.8, 4) is 0 Å². The Balaban J connectivity index is 1.65. The Bertz CT molecular complexity index is 393. The first-order valence-corrected chi connectivity index (χ1v) is 9.01.